The quantitative estimate of drug-likeness (QED) is 0.517. The first kappa shape index (κ1) is 17.0. The molecule has 0 bridgehead atoms. The van der Waals surface area contributed by atoms with Gasteiger partial charge in [-0.2, -0.15) is 0 Å². The van der Waals surface area contributed by atoms with Crippen LogP contribution in [0.4, 0.5) is 0 Å². The highest BCUT2D eigenvalue weighted by Gasteiger charge is 2.09. The summed E-state index contributed by atoms with van der Waals surface area (Å²) < 4.78 is 15.3. The standard InChI is InChI=1S/C16H22O5/c1-13(2)12-21-16(18)9-8-15(17)20-11-10-19-14-6-4-3-5-7-14/h3-7,13H,8-12H2,1-2H3. The molecule has 116 valence electrons. The molecular formula is C16H22O5. The SMILES string of the molecule is CC(C)COC(=O)CCC(=O)OCCOc1ccccc1. The number of hydrogen-bond donors (Lipinski definition) is 0. The Hall–Kier alpha value is -2.04. The van der Waals surface area contributed by atoms with Gasteiger partial charge in [0, 0.05) is 0 Å². The molecule has 0 atom stereocenters. The maximum absolute atomic E-state index is 11.4. The highest BCUT2D eigenvalue weighted by atomic mass is 16.6. The van der Waals surface area contributed by atoms with Gasteiger partial charge in [-0.1, -0.05) is 32.0 Å². The second kappa shape index (κ2) is 9.80. The van der Waals surface area contributed by atoms with E-state index in [4.69, 9.17) is 14.2 Å². The van der Waals surface area contributed by atoms with Crippen molar-refractivity contribution in [2.24, 2.45) is 5.92 Å². The van der Waals surface area contributed by atoms with Crippen molar-refractivity contribution in [2.45, 2.75) is 26.7 Å². The summed E-state index contributed by atoms with van der Waals surface area (Å²) in [6.07, 6.45) is 0.0767. The minimum Gasteiger partial charge on any atom is -0.490 e. The molecule has 0 aliphatic heterocycles. The Morgan fingerprint density at radius 2 is 1.57 bits per heavy atom. The van der Waals surface area contributed by atoms with Crippen molar-refractivity contribution in [3.63, 3.8) is 0 Å². The van der Waals surface area contributed by atoms with Crippen molar-refractivity contribution >= 4 is 11.9 Å². The van der Waals surface area contributed by atoms with Crippen molar-refractivity contribution in [1.29, 1.82) is 0 Å². The summed E-state index contributed by atoms with van der Waals surface area (Å²) in [4.78, 5) is 22.7. The van der Waals surface area contributed by atoms with E-state index < -0.39 is 5.97 Å². The van der Waals surface area contributed by atoms with E-state index in [9.17, 15) is 9.59 Å². The zero-order valence-electron chi connectivity index (χ0n) is 12.5. The third-order valence-electron chi connectivity index (χ3n) is 2.47. The summed E-state index contributed by atoms with van der Waals surface area (Å²) in [6, 6.07) is 9.28. The molecule has 0 N–H and O–H groups in total. The third-order valence-corrected chi connectivity index (χ3v) is 2.47. The Balaban J connectivity index is 2.05. The number of rotatable bonds is 9. The van der Waals surface area contributed by atoms with Crippen LogP contribution in [-0.2, 0) is 19.1 Å². The minimum absolute atomic E-state index is 0.0300. The molecule has 0 saturated heterocycles. The molecule has 5 nitrogen and oxygen atoms in total. The summed E-state index contributed by atoms with van der Waals surface area (Å²) in [7, 11) is 0. The third kappa shape index (κ3) is 8.68. The van der Waals surface area contributed by atoms with Crippen molar-refractivity contribution in [1.82, 2.24) is 0 Å². The molecule has 1 aromatic carbocycles. The van der Waals surface area contributed by atoms with Crippen LogP contribution in [0.2, 0.25) is 0 Å². The lowest BCUT2D eigenvalue weighted by molar-refractivity contribution is -0.151. The Morgan fingerprint density at radius 1 is 0.952 bits per heavy atom. The van der Waals surface area contributed by atoms with E-state index >= 15 is 0 Å². The largest absolute Gasteiger partial charge is 0.490 e. The van der Waals surface area contributed by atoms with Gasteiger partial charge in [0.2, 0.25) is 0 Å². The Morgan fingerprint density at radius 3 is 2.19 bits per heavy atom. The topological polar surface area (TPSA) is 61.8 Å². The lowest BCUT2D eigenvalue weighted by Gasteiger charge is -2.08. The number of esters is 2. The molecule has 0 radical (unpaired) electrons. The van der Waals surface area contributed by atoms with Crippen LogP contribution in [0.1, 0.15) is 26.7 Å². The van der Waals surface area contributed by atoms with Crippen molar-refractivity contribution in [3.8, 4) is 5.75 Å². The first-order valence-corrected chi connectivity index (χ1v) is 7.07. The van der Waals surface area contributed by atoms with Gasteiger partial charge in [-0.3, -0.25) is 9.59 Å². The van der Waals surface area contributed by atoms with Gasteiger partial charge in [0.25, 0.3) is 0 Å². The molecular weight excluding hydrogens is 272 g/mol. The van der Waals surface area contributed by atoms with E-state index in [1.165, 1.54) is 0 Å². The Labute approximate surface area is 125 Å². The molecule has 1 rings (SSSR count). The molecule has 0 amide bonds. The summed E-state index contributed by atoms with van der Waals surface area (Å²) in [5, 5.41) is 0. The first-order valence-electron chi connectivity index (χ1n) is 7.07. The van der Waals surface area contributed by atoms with Gasteiger partial charge in [0.1, 0.15) is 19.0 Å². The van der Waals surface area contributed by atoms with Crippen molar-refractivity contribution in [3.05, 3.63) is 30.3 Å². The Kier molecular flexibility index (Phi) is 7.94. The minimum atomic E-state index is -0.423. The molecule has 21 heavy (non-hydrogen) atoms. The summed E-state index contributed by atoms with van der Waals surface area (Å²) in [5.74, 6) is 0.219. The maximum atomic E-state index is 11.4. The monoisotopic (exact) mass is 294 g/mol. The summed E-state index contributed by atoms with van der Waals surface area (Å²) in [6.45, 7) is 4.73. The highest BCUT2D eigenvalue weighted by Crippen LogP contribution is 2.07. The van der Waals surface area contributed by atoms with Crippen LogP contribution >= 0.6 is 0 Å². The fraction of sp³-hybridized carbons (Fsp3) is 0.500. The first-order chi connectivity index (χ1) is 10.1. The maximum Gasteiger partial charge on any atom is 0.306 e. The van der Waals surface area contributed by atoms with Crippen LogP contribution < -0.4 is 4.74 Å². The molecule has 1 aromatic rings. The number of carbonyl (C=O) groups excluding carboxylic acids is 2. The number of para-hydroxylation sites is 1. The fourth-order valence-electron chi connectivity index (χ4n) is 1.44. The Bertz CT molecular complexity index is 428. The van der Waals surface area contributed by atoms with Crippen LogP contribution in [0.5, 0.6) is 5.75 Å². The average molecular weight is 294 g/mol. The van der Waals surface area contributed by atoms with Crippen LogP contribution in [0, 0.1) is 5.92 Å². The molecule has 0 aliphatic carbocycles. The molecule has 0 aromatic heterocycles. The highest BCUT2D eigenvalue weighted by molar-refractivity contribution is 5.77. The van der Waals surface area contributed by atoms with Gasteiger partial charge in [-0.25, -0.2) is 0 Å². The van der Waals surface area contributed by atoms with E-state index in [-0.39, 0.29) is 37.9 Å². The molecule has 0 fully saturated rings. The van der Waals surface area contributed by atoms with Gasteiger partial charge in [0.15, 0.2) is 0 Å². The smallest absolute Gasteiger partial charge is 0.306 e. The van der Waals surface area contributed by atoms with Crippen molar-refractivity contribution in [2.75, 3.05) is 19.8 Å². The van der Waals surface area contributed by atoms with Gasteiger partial charge in [-0.15, -0.1) is 0 Å². The average Bonchev–Trinajstić information content (AvgIpc) is 2.48. The van der Waals surface area contributed by atoms with Gasteiger partial charge >= 0.3 is 11.9 Å². The molecule has 0 aliphatic rings. The molecule has 0 unspecified atom stereocenters. The van der Waals surface area contributed by atoms with Gasteiger partial charge in [0.05, 0.1) is 19.4 Å². The number of carbonyl (C=O) groups is 2. The zero-order chi connectivity index (χ0) is 15.5. The van der Waals surface area contributed by atoms with E-state index in [2.05, 4.69) is 0 Å². The fourth-order valence-corrected chi connectivity index (χ4v) is 1.44. The van der Waals surface area contributed by atoms with Crippen LogP contribution in [0.3, 0.4) is 0 Å². The molecule has 0 spiro atoms. The number of hydrogen-bond acceptors (Lipinski definition) is 5. The van der Waals surface area contributed by atoms with Crippen molar-refractivity contribution < 1.29 is 23.8 Å². The lowest BCUT2D eigenvalue weighted by atomic mass is 10.2. The summed E-state index contributed by atoms with van der Waals surface area (Å²) in [5.41, 5.74) is 0. The van der Waals surface area contributed by atoms with Crippen LogP contribution in [0.25, 0.3) is 0 Å². The molecule has 5 heteroatoms. The summed E-state index contributed by atoms with van der Waals surface area (Å²) >= 11 is 0. The van der Waals surface area contributed by atoms with E-state index in [0.717, 1.165) is 5.75 Å². The van der Waals surface area contributed by atoms with Gasteiger partial charge < -0.3 is 14.2 Å². The molecule has 0 heterocycles. The van der Waals surface area contributed by atoms with Gasteiger partial charge in [-0.05, 0) is 18.1 Å². The predicted molar refractivity (Wildman–Crippen MR) is 77.9 cm³/mol. The van der Waals surface area contributed by atoms with E-state index in [1.54, 1.807) is 0 Å². The second-order valence-corrected chi connectivity index (χ2v) is 4.96. The van der Waals surface area contributed by atoms with E-state index in [0.29, 0.717) is 6.61 Å². The predicted octanol–water partition coefficient (Wildman–Crippen LogP) is 2.59. The zero-order valence-corrected chi connectivity index (χ0v) is 12.5. The number of ether oxygens (including phenoxy) is 3. The van der Waals surface area contributed by atoms with Crippen LogP contribution in [0.15, 0.2) is 30.3 Å². The molecule has 0 saturated carbocycles. The normalized spacial score (nSPS) is 10.2. The van der Waals surface area contributed by atoms with E-state index in [1.807, 2.05) is 44.2 Å². The lowest BCUT2D eigenvalue weighted by Crippen LogP contribution is -2.15. The van der Waals surface area contributed by atoms with Crippen LogP contribution in [-0.4, -0.2) is 31.8 Å². The number of benzene rings is 1. The second-order valence-electron chi connectivity index (χ2n) is 4.96.